The van der Waals surface area contributed by atoms with Gasteiger partial charge < -0.3 is 23.7 Å². The molecule has 2 bridgehead atoms. The lowest BCUT2D eigenvalue weighted by Crippen LogP contribution is -2.49. The molecule has 0 aromatic rings. The highest BCUT2D eigenvalue weighted by molar-refractivity contribution is 6.01. The number of fused-ring (bicyclic) bond motifs is 2. The largest absolute Gasteiger partial charge is 0.461 e. The normalized spacial score (nSPS) is 28.8. The molecule has 0 saturated heterocycles. The number of ether oxygens (including phenoxy) is 5. The van der Waals surface area contributed by atoms with Crippen LogP contribution >= 0.6 is 0 Å². The minimum atomic E-state index is -1.35. The summed E-state index contributed by atoms with van der Waals surface area (Å²) >= 11 is 0. The molecule has 0 aliphatic heterocycles. The van der Waals surface area contributed by atoms with E-state index in [2.05, 4.69) is 0 Å². The molecule has 0 aromatic carbocycles. The maximum absolute atomic E-state index is 13.9. The van der Waals surface area contributed by atoms with Gasteiger partial charge in [0.2, 0.25) is 5.78 Å². The van der Waals surface area contributed by atoms with E-state index < -0.39 is 71.4 Å². The van der Waals surface area contributed by atoms with Crippen molar-refractivity contribution >= 4 is 35.6 Å². The molecule has 5 atom stereocenters. The van der Waals surface area contributed by atoms with Gasteiger partial charge in [-0.3, -0.25) is 28.8 Å². The second kappa shape index (κ2) is 13.7. The lowest BCUT2D eigenvalue weighted by molar-refractivity contribution is -0.156. The van der Waals surface area contributed by atoms with Crippen LogP contribution in [-0.2, 0) is 52.5 Å². The van der Waals surface area contributed by atoms with Gasteiger partial charge in [0.25, 0.3) is 0 Å². The summed E-state index contributed by atoms with van der Waals surface area (Å²) in [6.07, 6.45) is -0.835. The quantitative estimate of drug-likeness (QED) is 0.260. The first kappa shape index (κ1) is 33.4. The van der Waals surface area contributed by atoms with Crippen molar-refractivity contribution < 1.29 is 52.5 Å². The van der Waals surface area contributed by atoms with E-state index in [9.17, 15) is 28.8 Å². The average molecular weight is 577 g/mol. The number of carbonyl (C=O) groups is 6. The number of hydrogen-bond acceptors (Lipinski definition) is 11. The van der Waals surface area contributed by atoms with Crippen molar-refractivity contribution in [1.82, 2.24) is 0 Å². The molecule has 0 radical (unpaired) electrons. The zero-order valence-electron chi connectivity index (χ0n) is 25.2. The van der Waals surface area contributed by atoms with Crippen molar-refractivity contribution in [2.24, 2.45) is 11.3 Å². The molecule has 2 aliphatic carbocycles. The molecule has 0 spiro atoms. The van der Waals surface area contributed by atoms with E-state index in [1.807, 2.05) is 13.8 Å². The molecule has 11 nitrogen and oxygen atoms in total. The van der Waals surface area contributed by atoms with Crippen molar-refractivity contribution in [3.8, 4) is 0 Å². The highest BCUT2D eigenvalue weighted by Crippen LogP contribution is 2.50. The topological polar surface area (TPSA) is 149 Å². The van der Waals surface area contributed by atoms with Gasteiger partial charge >= 0.3 is 29.8 Å². The summed E-state index contributed by atoms with van der Waals surface area (Å²) in [5.74, 6) is -4.22. The molecule has 0 N–H and O–H groups in total. The zero-order valence-corrected chi connectivity index (χ0v) is 25.2. The third-order valence-corrected chi connectivity index (χ3v) is 7.36. The van der Waals surface area contributed by atoms with Crippen molar-refractivity contribution in [3.05, 3.63) is 34.4 Å². The second-order valence-corrected chi connectivity index (χ2v) is 10.9. The Balaban J connectivity index is 2.98. The van der Waals surface area contributed by atoms with Crippen molar-refractivity contribution in [3.63, 3.8) is 0 Å². The van der Waals surface area contributed by atoms with Gasteiger partial charge in [0.05, 0.1) is 0 Å². The Morgan fingerprint density at radius 1 is 0.805 bits per heavy atom. The molecule has 226 valence electrons. The molecule has 0 unspecified atom stereocenters. The van der Waals surface area contributed by atoms with Crippen LogP contribution in [0.2, 0.25) is 0 Å². The minimum Gasteiger partial charge on any atom is -0.461 e. The predicted molar refractivity (Wildman–Crippen MR) is 145 cm³/mol. The first-order valence-corrected chi connectivity index (χ1v) is 13.4. The van der Waals surface area contributed by atoms with Gasteiger partial charge in [0.15, 0.2) is 6.10 Å². The molecule has 0 fully saturated rings. The van der Waals surface area contributed by atoms with Crippen molar-refractivity contribution in [2.75, 3.05) is 6.61 Å². The fourth-order valence-corrected chi connectivity index (χ4v) is 5.55. The number of carbonyl (C=O) groups excluding carboxylic acids is 6. The van der Waals surface area contributed by atoms with Crippen LogP contribution in [0.4, 0.5) is 0 Å². The molecule has 2 rings (SSSR count). The van der Waals surface area contributed by atoms with Crippen molar-refractivity contribution in [2.45, 2.75) is 99.6 Å². The molecule has 0 aromatic heterocycles. The summed E-state index contributed by atoms with van der Waals surface area (Å²) < 4.78 is 27.9. The first-order valence-electron chi connectivity index (χ1n) is 13.4. The number of esters is 5. The number of ketones is 1. The van der Waals surface area contributed by atoms with Gasteiger partial charge in [-0.2, -0.15) is 0 Å². The van der Waals surface area contributed by atoms with Gasteiger partial charge in [-0.25, -0.2) is 0 Å². The Morgan fingerprint density at radius 2 is 1.34 bits per heavy atom. The molecular weight excluding hydrogens is 536 g/mol. The van der Waals surface area contributed by atoms with Crippen LogP contribution in [0, 0.1) is 11.3 Å². The maximum atomic E-state index is 13.9. The first-order chi connectivity index (χ1) is 18.9. The van der Waals surface area contributed by atoms with Gasteiger partial charge in [-0.1, -0.05) is 19.9 Å². The smallest absolute Gasteiger partial charge is 0.303 e. The second-order valence-electron chi connectivity index (χ2n) is 10.9. The highest BCUT2D eigenvalue weighted by Gasteiger charge is 2.51. The Kier molecular flexibility index (Phi) is 11.2. The van der Waals surface area contributed by atoms with Crippen LogP contribution in [0.3, 0.4) is 0 Å². The van der Waals surface area contributed by atoms with Crippen LogP contribution < -0.4 is 0 Å². The summed E-state index contributed by atoms with van der Waals surface area (Å²) in [7, 11) is 0. The molecule has 41 heavy (non-hydrogen) atoms. The third kappa shape index (κ3) is 8.61. The highest BCUT2D eigenvalue weighted by atomic mass is 16.6. The van der Waals surface area contributed by atoms with Crippen LogP contribution in [0.15, 0.2) is 34.4 Å². The summed E-state index contributed by atoms with van der Waals surface area (Å²) in [6.45, 7) is 12.8. The van der Waals surface area contributed by atoms with Crippen LogP contribution in [0.5, 0.6) is 0 Å². The van der Waals surface area contributed by atoms with E-state index in [1.165, 1.54) is 34.6 Å². The van der Waals surface area contributed by atoms with E-state index in [4.69, 9.17) is 23.7 Å². The van der Waals surface area contributed by atoms with E-state index in [1.54, 1.807) is 26.0 Å². The Labute approximate surface area is 240 Å². The standard InChI is InChI=1S/C30H40O11/c1-15-10-11-24(38-18(4)32)22(14-37-17(3)31)12-26(40-20(6)34)23-13-25(39-19(5)33)16(2)27(30(23,8)9)29(28(15)36)41-21(7)35/h10,12,23-26,29H,11,13-14H2,1-9H3/b15-10+,22-12+/t23-,24-,25-,26-,29+/m0/s1. The fraction of sp³-hybridized carbons (Fsp3) is 0.600. The van der Waals surface area contributed by atoms with E-state index >= 15 is 0 Å². The predicted octanol–water partition coefficient (Wildman–Crippen LogP) is 3.48. The molecule has 0 saturated carbocycles. The summed E-state index contributed by atoms with van der Waals surface area (Å²) in [5.41, 5.74) is 0.588. The van der Waals surface area contributed by atoms with E-state index in [0.717, 1.165) is 0 Å². The number of hydrogen-bond donors (Lipinski definition) is 0. The lowest BCUT2D eigenvalue weighted by atomic mass is 9.60. The zero-order chi connectivity index (χ0) is 31.2. The number of rotatable bonds is 6. The summed E-state index contributed by atoms with van der Waals surface area (Å²) in [4.78, 5) is 74.4. The van der Waals surface area contributed by atoms with Crippen LogP contribution in [0.25, 0.3) is 0 Å². The van der Waals surface area contributed by atoms with Gasteiger partial charge in [0.1, 0.15) is 24.9 Å². The van der Waals surface area contributed by atoms with Gasteiger partial charge in [-0.15, -0.1) is 0 Å². The monoisotopic (exact) mass is 576 g/mol. The van der Waals surface area contributed by atoms with Gasteiger partial charge in [-0.05, 0) is 48.5 Å². The summed E-state index contributed by atoms with van der Waals surface area (Å²) in [5, 5.41) is 0. The molecule has 0 heterocycles. The molecule has 0 amide bonds. The van der Waals surface area contributed by atoms with Gasteiger partial charge in [0, 0.05) is 52.5 Å². The number of Topliss-reactive ketones (excluding diaryl/α,β-unsaturated/α-hetero) is 1. The van der Waals surface area contributed by atoms with Crippen LogP contribution in [0.1, 0.15) is 75.2 Å². The molecular formula is C30H40O11. The molecule has 2 aliphatic rings. The molecule has 11 heteroatoms. The van der Waals surface area contributed by atoms with E-state index in [0.29, 0.717) is 16.7 Å². The Hall–Kier alpha value is -3.76. The van der Waals surface area contributed by atoms with Crippen LogP contribution in [-0.4, -0.2) is 66.7 Å². The average Bonchev–Trinajstić information content (AvgIpc) is 2.82. The maximum Gasteiger partial charge on any atom is 0.303 e. The Bertz CT molecular complexity index is 1190. The summed E-state index contributed by atoms with van der Waals surface area (Å²) in [6, 6.07) is 0. The fourth-order valence-electron chi connectivity index (χ4n) is 5.55. The lowest BCUT2D eigenvalue weighted by Gasteiger charge is -2.48. The van der Waals surface area contributed by atoms with Crippen molar-refractivity contribution in [1.29, 1.82) is 0 Å². The minimum absolute atomic E-state index is 0.0198. The Morgan fingerprint density at radius 3 is 1.85 bits per heavy atom. The van der Waals surface area contributed by atoms with E-state index in [-0.39, 0.29) is 25.0 Å². The SMILES string of the molecule is CC(=O)OC/C1=C\[C@H](OC(C)=O)[C@@H]2C[C@H](OC(C)=O)C(C)=C([C@@H](OC(C)=O)C(=O)/C(C)=C/C[C@@H]1OC(C)=O)C2(C)C. The third-order valence-electron chi connectivity index (χ3n) is 7.36.